The molecule has 0 aromatic carbocycles. The molecule has 0 aromatic heterocycles. The van der Waals surface area contributed by atoms with Gasteiger partial charge in [-0.05, 0) is 18.8 Å². The van der Waals surface area contributed by atoms with Crippen molar-refractivity contribution < 1.29 is 14.7 Å². The van der Waals surface area contributed by atoms with E-state index in [0.717, 1.165) is 0 Å². The van der Waals surface area contributed by atoms with Gasteiger partial charge in [-0.2, -0.15) is 5.26 Å². The number of aliphatic carboxylic acids is 1. The minimum absolute atomic E-state index is 0.0775. The molecule has 2 N–H and O–H groups in total. The zero-order valence-corrected chi connectivity index (χ0v) is 12.9. The van der Waals surface area contributed by atoms with Gasteiger partial charge in [-0.25, -0.2) is 4.79 Å². The van der Waals surface area contributed by atoms with E-state index >= 15 is 0 Å². The number of carboxylic acid groups (broad SMARTS) is 1. The van der Waals surface area contributed by atoms with Gasteiger partial charge in [0.05, 0.1) is 18.4 Å². The quantitative estimate of drug-likeness (QED) is 0.780. The molecule has 6 heteroatoms. The number of carbonyl (C=O) groups is 2. The molecular weight excluding hydrogens is 258 g/mol. The Bertz CT molecular complexity index is 382. The standard InChI is InChI=1S/C14H25N3O3/c1-10(8-15)9-17(5)13(20)16-11(6-12(18)19)7-14(2,3)4/h10-11H,6-7,9H2,1-5H3,(H,16,20)(H,18,19). The molecular formula is C14H25N3O3. The van der Waals surface area contributed by atoms with E-state index < -0.39 is 12.0 Å². The lowest BCUT2D eigenvalue weighted by Crippen LogP contribution is -2.46. The maximum Gasteiger partial charge on any atom is 0.317 e. The van der Waals surface area contributed by atoms with Gasteiger partial charge in [-0.15, -0.1) is 0 Å². The predicted molar refractivity (Wildman–Crippen MR) is 76.1 cm³/mol. The molecule has 0 radical (unpaired) electrons. The van der Waals surface area contributed by atoms with Gasteiger partial charge in [-0.3, -0.25) is 4.79 Å². The Morgan fingerprint density at radius 1 is 1.40 bits per heavy atom. The third kappa shape index (κ3) is 8.35. The van der Waals surface area contributed by atoms with E-state index in [1.54, 1.807) is 14.0 Å². The normalized spacial score (nSPS) is 14.0. The molecule has 6 nitrogen and oxygen atoms in total. The Kier molecular flexibility index (Phi) is 7.05. The Morgan fingerprint density at radius 2 is 1.95 bits per heavy atom. The van der Waals surface area contributed by atoms with Gasteiger partial charge in [0.2, 0.25) is 0 Å². The second-order valence-electron chi connectivity index (χ2n) is 6.42. The average Bonchev–Trinajstić information content (AvgIpc) is 2.25. The first-order valence-corrected chi connectivity index (χ1v) is 6.68. The van der Waals surface area contributed by atoms with Crippen LogP contribution in [0.4, 0.5) is 4.79 Å². The maximum absolute atomic E-state index is 12.0. The van der Waals surface area contributed by atoms with Gasteiger partial charge >= 0.3 is 12.0 Å². The van der Waals surface area contributed by atoms with Crippen LogP contribution in [0.5, 0.6) is 0 Å². The highest BCUT2D eigenvalue weighted by molar-refractivity contribution is 5.75. The van der Waals surface area contributed by atoms with E-state index in [2.05, 4.69) is 11.4 Å². The van der Waals surface area contributed by atoms with Crippen molar-refractivity contribution in [3.63, 3.8) is 0 Å². The van der Waals surface area contributed by atoms with E-state index in [1.165, 1.54) is 4.90 Å². The zero-order chi connectivity index (χ0) is 15.9. The Morgan fingerprint density at radius 3 is 2.35 bits per heavy atom. The lowest BCUT2D eigenvalue weighted by atomic mass is 9.87. The van der Waals surface area contributed by atoms with Crippen LogP contribution in [-0.2, 0) is 4.79 Å². The van der Waals surface area contributed by atoms with Crippen molar-refractivity contribution in [1.29, 1.82) is 5.26 Å². The van der Waals surface area contributed by atoms with Gasteiger partial charge in [-0.1, -0.05) is 20.8 Å². The zero-order valence-electron chi connectivity index (χ0n) is 12.9. The Labute approximate surface area is 120 Å². The van der Waals surface area contributed by atoms with Crippen LogP contribution in [0.25, 0.3) is 0 Å². The van der Waals surface area contributed by atoms with Crippen LogP contribution in [0.2, 0.25) is 0 Å². The molecule has 0 aliphatic carbocycles. The number of carboxylic acids is 1. The van der Waals surface area contributed by atoms with Gasteiger partial charge in [0.1, 0.15) is 0 Å². The van der Waals surface area contributed by atoms with E-state index in [-0.39, 0.29) is 23.8 Å². The fourth-order valence-electron chi connectivity index (χ4n) is 1.94. The summed E-state index contributed by atoms with van der Waals surface area (Å²) in [5.41, 5.74) is -0.0775. The summed E-state index contributed by atoms with van der Waals surface area (Å²) < 4.78 is 0. The van der Waals surface area contributed by atoms with Crippen LogP contribution in [-0.4, -0.2) is 41.6 Å². The van der Waals surface area contributed by atoms with Crippen molar-refractivity contribution in [3.05, 3.63) is 0 Å². The summed E-state index contributed by atoms with van der Waals surface area (Å²) >= 11 is 0. The van der Waals surface area contributed by atoms with Crippen LogP contribution in [0.15, 0.2) is 0 Å². The highest BCUT2D eigenvalue weighted by Crippen LogP contribution is 2.22. The van der Waals surface area contributed by atoms with Crippen LogP contribution >= 0.6 is 0 Å². The number of nitrogens with zero attached hydrogens (tertiary/aromatic N) is 2. The Balaban J connectivity index is 4.60. The lowest BCUT2D eigenvalue weighted by molar-refractivity contribution is -0.137. The largest absolute Gasteiger partial charge is 0.481 e. The minimum Gasteiger partial charge on any atom is -0.481 e. The lowest BCUT2D eigenvalue weighted by Gasteiger charge is -2.28. The first-order chi connectivity index (χ1) is 9.05. The number of urea groups is 1. The molecule has 0 heterocycles. The summed E-state index contributed by atoms with van der Waals surface area (Å²) in [6.45, 7) is 8.03. The third-order valence-electron chi connectivity index (χ3n) is 2.72. The number of hydrogen-bond donors (Lipinski definition) is 2. The second-order valence-corrected chi connectivity index (χ2v) is 6.42. The van der Waals surface area contributed by atoms with Gasteiger partial charge in [0, 0.05) is 19.6 Å². The SMILES string of the molecule is CC(C#N)CN(C)C(=O)NC(CC(=O)O)CC(C)(C)C. The van der Waals surface area contributed by atoms with E-state index in [1.807, 2.05) is 20.8 Å². The molecule has 2 atom stereocenters. The summed E-state index contributed by atoms with van der Waals surface area (Å²) in [7, 11) is 1.60. The summed E-state index contributed by atoms with van der Waals surface area (Å²) in [6.07, 6.45) is 0.470. The molecule has 0 rings (SSSR count). The van der Waals surface area contributed by atoms with Gasteiger partial charge in [0.25, 0.3) is 0 Å². The molecule has 0 aromatic rings. The number of nitrogens with one attached hydrogen (secondary N) is 1. The van der Waals surface area contributed by atoms with E-state index in [9.17, 15) is 9.59 Å². The molecule has 2 unspecified atom stereocenters. The molecule has 0 aliphatic heterocycles. The molecule has 0 aliphatic rings. The predicted octanol–water partition coefficient (Wildman–Crippen LogP) is 2.07. The number of hydrogen-bond acceptors (Lipinski definition) is 3. The molecule has 2 amide bonds. The van der Waals surface area contributed by atoms with Crippen molar-refractivity contribution in [2.45, 2.75) is 46.6 Å². The number of carbonyl (C=O) groups excluding carboxylic acids is 1. The van der Waals surface area contributed by atoms with E-state index in [4.69, 9.17) is 10.4 Å². The Hall–Kier alpha value is -1.77. The maximum atomic E-state index is 12.0. The number of nitriles is 1. The first kappa shape index (κ1) is 18.2. The van der Waals surface area contributed by atoms with Crippen LogP contribution in [0.3, 0.4) is 0 Å². The van der Waals surface area contributed by atoms with Crippen LogP contribution in [0.1, 0.15) is 40.5 Å². The fraction of sp³-hybridized carbons (Fsp3) is 0.786. The summed E-state index contributed by atoms with van der Waals surface area (Å²) in [5.74, 6) is -1.20. The third-order valence-corrected chi connectivity index (χ3v) is 2.72. The van der Waals surface area contributed by atoms with Crippen molar-refractivity contribution in [2.75, 3.05) is 13.6 Å². The second kappa shape index (κ2) is 7.73. The number of amides is 2. The highest BCUT2D eigenvalue weighted by Gasteiger charge is 2.24. The molecule has 0 saturated carbocycles. The minimum atomic E-state index is -0.937. The summed E-state index contributed by atoms with van der Waals surface area (Å²) in [4.78, 5) is 24.3. The number of rotatable bonds is 6. The van der Waals surface area contributed by atoms with Crippen molar-refractivity contribution in [1.82, 2.24) is 10.2 Å². The van der Waals surface area contributed by atoms with Gasteiger partial charge in [0.15, 0.2) is 0 Å². The molecule has 0 spiro atoms. The molecule has 114 valence electrons. The van der Waals surface area contributed by atoms with Crippen LogP contribution < -0.4 is 5.32 Å². The summed E-state index contributed by atoms with van der Waals surface area (Å²) in [6, 6.07) is 1.30. The summed E-state index contributed by atoms with van der Waals surface area (Å²) in [5, 5.41) is 20.4. The smallest absolute Gasteiger partial charge is 0.317 e. The van der Waals surface area contributed by atoms with E-state index in [0.29, 0.717) is 13.0 Å². The molecule has 0 fully saturated rings. The van der Waals surface area contributed by atoms with Gasteiger partial charge < -0.3 is 15.3 Å². The molecule has 0 bridgehead atoms. The fourth-order valence-corrected chi connectivity index (χ4v) is 1.94. The monoisotopic (exact) mass is 283 g/mol. The van der Waals surface area contributed by atoms with Crippen LogP contribution in [0, 0.1) is 22.7 Å². The molecule has 20 heavy (non-hydrogen) atoms. The van der Waals surface area contributed by atoms with Crippen molar-refractivity contribution >= 4 is 12.0 Å². The average molecular weight is 283 g/mol. The first-order valence-electron chi connectivity index (χ1n) is 6.68. The molecule has 0 saturated heterocycles. The van der Waals surface area contributed by atoms with Crippen molar-refractivity contribution in [2.24, 2.45) is 11.3 Å². The highest BCUT2D eigenvalue weighted by atomic mass is 16.4. The topological polar surface area (TPSA) is 93.4 Å². The van der Waals surface area contributed by atoms with Crippen molar-refractivity contribution in [3.8, 4) is 6.07 Å².